The molecule has 1 aromatic heterocycles. The van der Waals surface area contributed by atoms with Gasteiger partial charge in [0.15, 0.2) is 0 Å². The summed E-state index contributed by atoms with van der Waals surface area (Å²) in [5.74, 6) is 1.08. The van der Waals surface area contributed by atoms with Gasteiger partial charge in [0.05, 0.1) is 6.61 Å². The zero-order valence-corrected chi connectivity index (χ0v) is 6.41. The highest BCUT2D eigenvalue weighted by Crippen LogP contribution is 2.04. The van der Waals surface area contributed by atoms with E-state index < -0.39 is 0 Å². The fourth-order valence-corrected chi connectivity index (χ4v) is 0.714. The Kier molecular flexibility index (Phi) is 2.38. The lowest BCUT2D eigenvalue weighted by Gasteiger charge is -2.00. The Hall–Kier alpha value is -1.16. The molecular formula is C7H11N3O. The van der Waals surface area contributed by atoms with Crippen LogP contribution in [0.5, 0.6) is 0 Å². The summed E-state index contributed by atoms with van der Waals surface area (Å²) >= 11 is 0. The normalized spacial score (nSPS) is 10.0. The first-order valence-corrected chi connectivity index (χ1v) is 3.43. The molecule has 4 nitrogen and oxygen atoms in total. The highest BCUT2D eigenvalue weighted by molar-refractivity contribution is 5.35. The zero-order valence-electron chi connectivity index (χ0n) is 6.41. The van der Waals surface area contributed by atoms with Crippen LogP contribution in [0.3, 0.4) is 0 Å². The van der Waals surface area contributed by atoms with Crippen LogP contribution >= 0.6 is 0 Å². The summed E-state index contributed by atoms with van der Waals surface area (Å²) in [6.45, 7) is 1.90. The van der Waals surface area contributed by atoms with Crippen molar-refractivity contribution >= 4 is 5.82 Å². The number of hydrogen-bond donors (Lipinski definition) is 2. The predicted octanol–water partition coefficient (Wildman–Crippen LogP) is -0.0980. The van der Waals surface area contributed by atoms with Crippen molar-refractivity contribution in [2.24, 2.45) is 0 Å². The molecule has 4 heteroatoms. The Morgan fingerprint density at radius 1 is 1.64 bits per heavy atom. The van der Waals surface area contributed by atoms with Crippen LogP contribution < -0.4 is 5.73 Å². The smallest absolute Gasteiger partial charge is 0.132 e. The summed E-state index contributed by atoms with van der Waals surface area (Å²) in [4.78, 5) is 7.95. The van der Waals surface area contributed by atoms with Gasteiger partial charge in [-0.1, -0.05) is 0 Å². The van der Waals surface area contributed by atoms with Crippen LogP contribution in [-0.2, 0) is 6.42 Å². The molecule has 1 rings (SSSR count). The first kappa shape index (κ1) is 7.94. The van der Waals surface area contributed by atoms with E-state index in [1.165, 1.54) is 0 Å². The lowest BCUT2D eigenvalue weighted by molar-refractivity contribution is 0.296. The van der Waals surface area contributed by atoms with Crippen LogP contribution in [0.4, 0.5) is 5.82 Å². The molecule has 0 aromatic carbocycles. The monoisotopic (exact) mass is 153 g/mol. The molecule has 0 amide bonds. The Morgan fingerprint density at radius 2 is 2.36 bits per heavy atom. The minimum Gasteiger partial charge on any atom is -0.396 e. The van der Waals surface area contributed by atoms with E-state index in [1.807, 2.05) is 6.92 Å². The van der Waals surface area contributed by atoms with E-state index in [4.69, 9.17) is 10.8 Å². The molecular weight excluding hydrogens is 142 g/mol. The van der Waals surface area contributed by atoms with Crippen molar-refractivity contribution in [1.29, 1.82) is 0 Å². The number of nitrogens with two attached hydrogens (primary N) is 1. The number of nitrogens with zero attached hydrogens (tertiary/aromatic N) is 2. The van der Waals surface area contributed by atoms with E-state index in [0.717, 1.165) is 5.56 Å². The molecule has 0 saturated heterocycles. The predicted molar refractivity (Wildman–Crippen MR) is 42.0 cm³/mol. The first-order valence-electron chi connectivity index (χ1n) is 3.43. The second-order valence-corrected chi connectivity index (χ2v) is 2.33. The quantitative estimate of drug-likeness (QED) is 0.622. The van der Waals surface area contributed by atoms with E-state index in [0.29, 0.717) is 18.1 Å². The third kappa shape index (κ3) is 1.88. The number of hydrogen-bond acceptors (Lipinski definition) is 4. The summed E-state index contributed by atoms with van der Waals surface area (Å²) in [6.07, 6.45) is 2.12. The molecule has 0 unspecified atom stereocenters. The van der Waals surface area contributed by atoms with Crippen LogP contribution in [-0.4, -0.2) is 21.7 Å². The first-order chi connectivity index (χ1) is 5.24. The third-order valence-electron chi connectivity index (χ3n) is 1.40. The molecule has 0 aliphatic rings. The van der Waals surface area contributed by atoms with Crippen molar-refractivity contribution in [3.05, 3.63) is 17.6 Å². The summed E-state index contributed by atoms with van der Waals surface area (Å²) in [5, 5.41) is 8.56. The molecule has 0 aliphatic heterocycles. The minimum atomic E-state index is 0.0580. The van der Waals surface area contributed by atoms with E-state index >= 15 is 0 Å². The molecule has 3 N–H and O–H groups in total. The van der Waals surface area contributed by atoms with E-state index in [2.05, 4.69) is 9.97 Å². The maximum Gasteiger partial charge on any atom is 0.132 e. The van der Waals surface area contributed by atoms with Gasteiger partial charge in [0.25, 0.3) is 0 Å². The van der Waals surface area contributed by atoms with Crippen LogP contribution in [0, 0.1) is 6.92 Å². The van der Waals surface area contributed by atoms with Gasteiger partial charge in [-0.2, -0.15) is 0 Å². The summed E-state index contributed by atoms with van der Waals surface area (Å²) in [7, 11) is 0. The van der Waals surface area contributed by atoms with Crippen LogP contribution in [0.2, 0.25) is 0 Å². The van der Waals surface area contributed by atoms with Gasteiger partial charge < -0.3 is 10.8 Å². The molecule has 0 saturated carbocycles. The van der Waals surface area contributed by atoms with Crippen molar-refractivity contribution in [1.82, 2.24) is 9.97 Å². The number of aliphatic hydroxyl groups is 1. The number of rotatable bonds is 2. The fourth-order valence-electron chi connectivity index (χ4n) is 0.714. The maximum atomic E-state index is 8.56. The van der Waals surface area contributed by atoms with Crippen molar-refractivity contribution < 1.29 is 5.11 Å². The lowest BCUT2D eigenvalue weighted by atomic mass is 10.3. The number of nitrogen functional groups attached to an aromatic ring is 1. The van der Waals surface area contributed by atoms with Crippen molar-refractivity contribution in [2.45, 2.75) is 13.3 Å². The largest absolute Gasteiger partial charge is 0.396 e. The molecule has 60 valence electrons. The highest BCUT2D eigenvalue weighted by Gasteiger charge is 1.98. The van der Waals surface area contributed by atoms with E-state index in [-0.39, 0.29) is 6.61 Å². The fraction of sp³-hybridized carbons (Fsp3) is 0.429. The standard InChI is InChI=1S/C7H11N3O/c1-5-4-9-6(2-3-11)10-7(5)8/h4,11H,2-3H2,1H3,(H2,8,9,10). The molecule has 1 aromatic rings. The van der Waals surface area contributed by atoms with E-state index in [1.54, 1.807) is 6.20 Å². The second-order valence-electron chi connectivity index (χ2n) is 2.33. The third-order valence-corrected chi connectivity index (χ3v) is 1.40. The zero-order chi connectivity index (χ0) is 8.27. The van der Waals surface area contributed by atoms with Gasteiger partial charge in [-0.15, -0.1) is 0 Å². The second kappa shape index (κ2) is 3.30. The van der Waals surface area contributed by atoms with Gasteiger partial charge in [0, 0.05) is 18.2 Å². The van der Waals surface area contributed by atoms with Gasteiger partial charge in [-0.3, -0.25) is 0 Å². The van der Waals surface area contributed by atoms with Gasteiger partial charge in [-0.25, -0.2) is 9.97 Å². The number of aliphatic hydroxyl groups excluding tert-OH is 1. The summed E-state index contributed by atoms with van der Waals surface area (Å²) < 4.78 is 0. The lowest BCUT2D eigenvalue weighted by Crippen LogP contribution is -2.03. The molecule has 0 spiro atoms. The Labute approximate surface area is 65.1 Å². The Morgan fingerprint density at radius 3 is 2.91 bits per heavy atom. The highest BCUT2D eigenvalue weighted by atomic mass is 16.3. The molecule has 0 bridgehead atoms. The van der Waals surface area contributed by atoms with Gasteiger partial charge in [0.1, 0.15) is 11.6 Å². The summed E-state index contributed by atoms with van der Waals surface area (Å²) in [5.41, 5.74) is 6.39. The molecule has 0 atom stereocenters. The van der Waals surface area contributed by atoms with Crippen molar-refractivity contribution in [2.75, 3.05) is 12.3 Å². The molecule has 0 fully saturated rings. The average Bonchev–Trinajstić information content (AvgIpc) is 1.98. The molecule has 0 aliphatic carbocycles. The maximum absolute atomic E-state index is 8.56. The van der Waals surface area contributed by atoms with Crippen molar-refractivity contribution in [3.8, 4) is 0 Å². The Bertz CT molecular complexity index is 249. The van der Waals surface area contributed by atoms with Crippen LogP contribution in [0.15, 0.2) is 6.20 Å². The SMILES string of the molecule is Cc1cnc(CCO)nc1N. The minimum absolute atomic E-state index is 0.0580. The van der Waals surface area contributed by atoms with Gasteiger partial charge in [-0.05, 0) is 6.92 Å². The molecule has 0 radical (unpaired) electrons. The number of aromatic nitrogens is 2. The number of anilines is 1. The molecule has 11 heavy (non-hydrogen) atoms. The van der Waals surface area contributed by atoms with Crippen molar-refractivity contribution in [3.63, 3.8) is 0 Å². The molecule has 1 heterocycles. The topological polar surface area (TPSA) is 72.0 Å². The Balaban J connectivity index is 2.86. The summed E-state index contributed by atoms with van der Waals surface area (Å²) in [6, 6.07) is 0. The van der Waals surface area contributed by atoms with Gasteiger partial charge >= 0.3 is 0 Å². The van der Waals surface area contributed by atoms with Crippen LogP contribution in [0.1, 0.15) is 11.4 Å². The van der Waals surface area contributed by atoms with Gasteiger partial charge in [0.2, 0.25) is 0 Å². The van der Waals surface area contributed by atoms with E-state index in [9.17, 15) is 0 Å². The average molecular weight is 153 g/mol. The number of aryl methyl sites for hydroxylation is 1. The van der Waals surface area contributed by atoms with Crippen LogP contribution in [0.25, 0.3) is 0 Å².